The van der Waals surface area contributed by atoms with Crippen LogP contribution in [0.2, 0.25) is 0 Å². The monoisotopic (exact) mass is 565 g/mol. The van der Waals surface area contributed by atoms with Gasteiger partial charge in [-0.1, -0.05) is 50.2 Å². The maximum atomic E-state index is 12.2. The Morgan fingerprint density at radius 1 is 0.951 bits per heavy atom. The van der Waals surface area contributed by atoms with Gasteiger partial charge in [0.05, 0.1) is 0 Å². The van der Waals surface area contributed by atoms with Gasteiger partial charge in [-0.15, -0.1) is 0 Å². The van der Waals surface area contributed by atoms with Crippen LogP contribution in [0.15, 0.2) is 36.4 Å². The SMILES string of the molecule is CC(C)(C)OC(=O)N1CCC(c2cccc3c2C(O)C(=O)C3)C1.O=C1Cc2cccc(C3CCNC3)c2C1O.[2H]CC. The van der Waals surface area contributed by atoms with Crippen LogP contribution in [-0.2, 0) is 27.2 Å². The van der Waals surface area contributed by atoms with Gasteiger partial charge in [0.2, 0.25) is 0 Å². The molecule has 0 bridgehead atoms. The number of fused-ring (bicyclic) bond motifs is 2. The molecule has 2 aromatic rings. The first-order chi connectivity index (χ1) is 19.9. The molecular weight excluding hydrogens is 520 g/mol. The molecule has 6 rings (SSSR count). The minimum absolute atomic E-state index is 0.0617. The lowest BCUT2D eigenvalue weighted by Crippen LogP contribution is -2.35. The van der Waals surface area contributed by atoms with Gasteiger partial charge in [-0.05, 0) is 79.5 Å². The summed E-state index contributed by atoms with van der Waals surface area (Å²) in [6.45, 7) is 11.0. The van der Waals surface area contributed by atoms with Crippen molar-refractivity contribution in [3.63, 3.8) is 0 Å². The van der Waals surface area contributed by atoms with E-state index >= 15 is 0 Å². The smallest absolute Gasteiger partial charge is 0.410 e. The zero-order valence-electron chi connectivity index (χ0n) is 25.6. The van der Waals surface area contributed by atoms with Crippen molar-refractivity contribution >= 4 is 17.7 Å². The minimum Gasteiger partial charge on any atom is -0.444 e. The Bertz CT molecular complexity index is 1300. The molecule has 0 saturated carbocycles. The van der Waals surface area contributed by atoms with Gasteiger partial charge >= 0.3 is 6.09 Å². The van der Waals surface area contributed by atoms with Gasteiger partial charge in [-0.25, -0.2) is 4.79 Å². The standard InChI is InChI=1S/C18H23NO4.C13H15NO2.C2H6/c1-18(2,3)23-17(22)19-8-7-12(10-19)13-6-4-5-11-9-14(20)16(21)15(11)13;15-11-6-8-2-1-3-10(12(8)13(11)16)9-4-5-14-7-9;1-2/h4-6,12,16,21H,7-10H2,1-3H3;1-3,9,13-14,16H,4-7H2;1-2H3/i;;1D. The average molecular weight is 566 g/mol. The number of benzene rings is 2. The number of ketones is 2. The quantitative estimate of drug-likeness (QED) is 0.490. The zero-order chi connectivity index (χ0) is 30.6. The van der Waals surface area contributed by atoms with E-state index in [-0.39, 0.29) is 23.6 Å². The number of nitrogens with one attached hydrogen (secondary N) is 1. The molecule has 1 amide bonds. The second-order valence-electron chi connectivity index (χ2n) is 12.0. The third-order valence-corrected chi connectivity index (χ3v) is 8.13. The normalized spacial score (nSPS) is 25.0. The number of hydrogen-bond acceptors (Lipinski definition) is 7. The highest BCUT2D eigenvalue weighted by Gasteiger charge is 2.37. The fourth-order valence-electron chi connectivity index (χ4n) is 6.27. The van der Waals surface area contributed by atoms with Crippen molar-refractivity contribution in [2.75, 3.05) is 26.2 Å². The summed E-state index contributed by atoms with van der Waals surface area (Å²) in [7, 11) is 0. The lowest BCUT2D eigenvalue weighted by molar-refractivity contribution is -0.126. The number of ether oxygens (including phenoxy) is 1. The summed E-state index contributed by atoms with van der Waals surface area (Å²) < 4.78 is 11.6. The number of nitrogens with zero attached hydrogens (tertiary/aromatic N) is 1. The maximum absolute atomic E-state index is 12.2. The van der Waals surface area contributed by atoms with Crippen LogP contribution in [-0.4, -0.2) is 64.6 Å². The highest BCUT2D eigenvalue weighted by Crippen LogP contribution is 2.39. The van der Waals surface area contributed by atoms with Crippen LogP contribution >= 0.6 is 0 Å². The van der Waals surface area contributed by atoms with Crippen molar-refractivity contribution in [2.45, 2.75) is 89.9 Å². The van der Waals surface area contributed by atoms with E-state index in [9.17, 15) is 24.6 Å². The summed E-state index contributed by atoms with van der Waals surface area (Å²) >= 11 is 0. The van der Waals surface area contributed by atoms with E-state index < -0.39 is 17.8 Å². The second-order valence-corrected chi connectivity index (χ2v) is 12.0. The number of aliphatic hydroxyl groups is 2. The Hall–Kier alpha value is -3.07. The number of Topliss-reactive ketones (excluding diaryl/α,β-unsaturated/α-hetero) is 2. The predicted octanol–water partition coefficient (Wildman–Crippen LogP) is 4.52. The van der Waals surface area contributed by atoms with Gasteiger partial charge in [0, 0.05) is 39.8 Å². The Kier molecular flexibility index (Phi) is 9.22. The van der Waals surface area contributed by atoms with Crippen LogP contribution in [0.4, 0.5) is 4.79 Å². The maximum Gasteiger partial charge on any atom is 0.410 e. The molecule has 2 aliphatic carbocycles. The molecule has 0 aromatic heterocycles. The number of likely N-dealkylation sites (tertiary alicyclic amines) is 1. The number of carbonyl (C=O) groups excluding carboxylic acids is 3. The first-order valence-corrected chi connectivity index (χ1v) is 14.6. The van der Waals surface area contributed by atoms with Crippen LogP contribution in [0.5, 0.6) is 0 Å². The lowest BCUT2D eigenvalue weighted by atomic mass is 9.91. The molecule has 3 N–H and O–H groups in total. The molecular formula is C33H44N2O6. The number of aliphatic hydroxyl groups excluding tert-OH is 2. The van der Waals surface area contributed by atoms with E-state index in [0.717, 1.165) is 53.7 Å². The van der Waals surface area contributed by atoms with Crippen LogP contribution in [0.3, 0.4) is 0 Å². The van der Waals surface area contributed by atoms with Crippen molar-refractivity contribution in [2.24, 2.45) is 0 Å². The van der Waals surface area contributed by atoms with Crippen LogP contribution in [0.25, 0.3) is 0 Å². The summed E-state index contributed by atoms with van der Waals surface area (Å²) in [6, 6.07) is 11.8. The topological polar surface area (TPSA) is 116 Å². The van der Waals surface area contributed by atoms with Crippen molar-refractivity contribution in [1.29, 1.82) is 0 Å². The second kappa shape index (κ2) is 12.8. The molecule has 4 aliphatic rings. The van der Waals surface area contributed by atoms with Crippen molar-refractivity contribution < 1.29 is 30.7 Å². The highest BCUT2D eigenvalue weighted by atomic mass is 16.6. The number of amides is 1. The fourth-order valence-corrected chi connectivity index (χ4v) is 6.27. The van der Waals surface area contributed by atoms with E-state index in [1.807, 2.05) is 51.1 Å². The first-order valence-electron chi connectivity index (χ1n) is 15.3. The molecule has 2 heterocycles. The molecule has 2 saturated heterocycles. The minimum atomic E-state index is -1.02. The Morgan fingerprint density at radius 2 is 1.49 bits per heavy atom. The number of carbonyl (C=O) groups is 3. The average Bonchev–Trinajstić information content (AvgIpc) is 3.73. The van der Waals surface area contributed by atoms with E-state index in [1.54, 1.807) is 11.8 Å². The zero-order valence-corrected chi connectivity index (χ0v) is 24.6. The molecule has 41 heavy (non-hydrogen) atoms. The van der Waals surface area contributed by atoms with Crippen LogP contribution in [0.1, 0.15) is 106 Å². The summed E-state index contributed by atoms with van der Waals surface area (Å²) in [5.41, 5.74) is 5.23. The molecule has 2 fully saturated rings. The van der Waals surface area contributed by atoms with Crippen LogP contribution < -0.4 is 5.32 Å². The molecule has 222 valence electrons. The molecule has 4 atom stereocenters. The van der Waals surface area contributed by atoms with E-state index in [2.05, 4.69) is 11.4 Å². The molecule has 2 aromatic carbocycles. The fraction of sp³-hybridized carbons (Fsp3) is 0.545. The molecule has 0 spiro atoms. The van der Waals surface area contributed by atoms with E-state index in [0.29, 0.717) is 38.7 Å². The Balaban J connectivity index is 0.000000185. The number of hydrogen-bond donors (Lipinski definition) is 3. The van der Waals surface area contributed by atoms with Crippen LogP contribution in [0, 0.1) is 0 Å². The van der Waals surface area contributed by atoms with Gasteiger partial charge in [0.25, 0.3) is 0 Å². The highest BCUT2D eigenvalue weighted by molar-refractivity contribution is 5.92. The van der Waals surface area contributed by atoms with Crippen molar-refractivity contribution in [3.05, 3.63) is 69.8 Å². The van der Waals surface area contributed by atoms with E-state index in [1.165, 1.54) is 5.56 Å². The van der Waals surface area contributed by atoms with Gasteiger partial charge in [0.15, 0.2) is 11.6 Å². The van der Waals surface area contributed by atoms with Gasteiger partial charge in [0.1, 0.15) is 17.8 Å². The van der Waals surface area contributed by atoms with Crippen molar-refractivity contribution in [3.8, 4) is 0 Å². The van der Waals surface area contributed by atoms with Gasteiger partial charge < -0.3 is 25.2 Å². The van der Waals surface area contributed by atoms with Gasteiger partial charge in [-0.2, -0.15) is 0 Å². The predicted molar refractivity (Wildman–Crippen MR) is 157 cm³/mol. The Morgan fingerprint density at radius 3 is 1.98 bits per heavy atom. The van der Waals surface area contributed by atoms with E-state index in [4.69, 9.17) is 6.11 Å². The summed E-state index contributed by atoms with van der Waals surface area (Å²) in [4.78, 5) is 37.2. The largest absolute Gasteiger partial charge is 0.444 e. The van der Waals surface area contributed by atoms with Gasteiger partial charge in [-0.3, -0.25) is 9.59 Å². The first kappa shape index (κ1) is 29.4. The summed E-state index contributed by atoms with van der Waals surface area (Å²) in [5, 5.41) is 23.4. The summed E-state index contributed by atoms with van der Waals surface area (Å²) in [6.07, 6.45) is 0.401. The molecule has 0 radical (unpaired) electrons. The Labute approximate surface area is 244 Å². The molecule has 8 nitrogen and oxygen atoms in total. The third-order valence-electron chi connectivity index (χ3n) is 8.13. The lowest BCUT2D eigenvalue weighted by Gasteiger charge is -2.24. The number of rotatable bonds is 2. The molecule has 2 aliphatic heterocycles. The van der Waals surface area contributed by atoms with Crippen molar-refractivity contribution in [1.82, 2.24) is 10.2 Å². The summed E-state index contributed by atoms with van der Waals surface area (Å²) in [5.74, 6) is 0.386. The molecule has 4 unspecified atom stereocenters. The molecule has 8 heteroatoms. The third kappa shape index (κ3) is 6.71.